The molecular formula is C13H13N3O3S. The summed E-state index contributed by atoms with van der Waals surface area (Å²) < 4.78 is 22.6. The van der Waals surface area contributed by atoms with Gasteiger partial charge in [-0.05, 0) is 24.3 Å². The van der Waals surface area contributed by atoms with E-state index in [4.69, 9.17) is 0 Å². The van der Waals surface area contributed by atoms with E-state index >= 15 is 0 Å². The molecule has 2 aromatic heterocycles. The van der Waals surface area contributed by atoms with Crippen molar-refractivity contribution >= 4 is 15.7 Å². The molecular weight excluding hydrogens is 278 g/mol. The zero-order valence-electron chi connectivity index (χ0n) is 10.8. The lowest BCUT2D eigenvalue weighted by Gasteiger charge is -2.05. The summed E-state index contributed by atoms with van der Waals surface area (Å²) >= 11 is 0. The first kappa shape index (κ1) is 14.1. The van der Waals surface area contributed by atoms with Gasteiger partial charge in [0.1, 0.15) is 0 Å². The Morgan fingerprint density at radius 3 is 2.60 bits per heavy atom. The van der Waals surface area contributed by atoms with Crippen molar-refractivity contribution in [2.75, 3.05) is 6.26 Å². The molecule has 6 nitrogen and oxygen atoms in total. The second-order valence-electron chi connectivity index (χ2n) is 4.18. The molecule has 20 heavy (non-hydrogen) atoms. The third-order valence-electron chi connectivity index (χ3n) is 2.58. The van der Waals surface area contributed by atoms with Crippen LogP contribution in [0.25, 0.3) is 0 Å². The first-order valence-corrected chi connectivity index (χ1v) is 7.69. The quantitative estimate of drug-likeness (QED) is 0.900. The Labute approximate surface area is 116 Å². The van der Waals surface area contributed by atoms with Gasteiger partial charge < -0.3 is 5.32 Å². The predicted molar refractivity (Wildman–Crippen MR) is 72.8 cm³/mol. The van der Waals surface area contributed by atoms with Crippen LogP contribution in [0, 0.1) is 0 Å². The summed E-state index contributed by atoms with van der Waals surface area (Å²) in [7, 11) is -3.25. The number of amides is 1. The number of pyridine rings is 2. The molecule has 1 N–H and O–H groups in total. The van der Waals surface area contributed by atoms with Gasteiger partial charge in [0.2, 0.25) is 0 Å². The van der Waals surface area contributed by atoms with Crippen LogP contribution < -0.4 is 5.32 Å². The van der Waals surface area contributed by atoms with Crippen molar-refractivity contribution in [2.24, 2.45) is 0 Å². The third kappa shape index (κ3) is 3.61. The van der Waals surface area contributed by atoms with Crippen molar-refractivity contribution in [2.45, 2.75) is 11.4 Å². The van der Waals surface area contributed by atoms with Gasteiger partial charge in [0.25, 0.3) is 5.91 Å². The molecule has 0 spiro atoms. The van der Waals surface area contributed by atoms with E-state index in [1.54, 1.807) is 24.4 Å². The molecule has 0 bridgehead atoms. The largest absolute Gasteiger partial charge is 0.346 e. The summed E-state index contributed by atoms with van der Waals surface area (Å²) in [6.07, 6.45) is 5.45. The molecule has 2 aromatic rings. The van der Waals surface area contributed by atoms with Crippen LogP contribution in [0.2, 0.25) is 0 Å². The van der Waals surface area contributed by atoms with Gasteiger partial charge in [0, 0.05) is 24.8 Å². The van der Waals surface area contributed by atoms with Gasteiger partial charge in [0.15, 0.2) is 9.84 Å². The minimum Gasteiger partial charge on any atom is -0.346 e. The number of carbonyl (C=O) groups is 1. The molecule has 104 valence electrons. The molecule has 0 aliphatic rings. The van der Waals surface area contributed by atoms with E-state index in [2.05, 4.69) is 15.3 Å². The molecule has 0 aliphatic carbocycles. The summed E-state index contributed by atoms with van der Waals surface area (Å²) in [6, 6.07) is 6.37. The van der Waals surface area contributed by atoms with Gasteiger partial charge in [-0.3, -0.25) is 14.8 Å². The molecule has 0 aliphatic heterocycles. The van der Waals surface area contributed by atoms with Gasteiger partial charge in [-0.25, -0.2) is 8.42 Å². The monoisotopic (exact) mass is 291 g/mol. The minimum atomic E-state index is -3.25. The number of nitrogens with one attached hydrogen (secondary N) is 1. The molecule has 1 amide bonds. The topological polar surface area (TPSA) is 89.0 Å². The van der Waals surface area contributed by atoms with Gasteiger partial charge in [0.05, 0.1) is 22.7 Å². The van der Waals surface area contributed by atoms with Crippen LogP contribution in [-0.2, 0) is 16.4 Å². The van der Waals surface area contributed by atoms with Crippen molar-refractivity contribution in [3.8, 4) is 0 Å². The zero-order chi connectivity index (χ0) is 14.6. The maximum atomic E-state index is 11.8. The maximum Gasteiger partial charge on any atom is 0.253 e. The predicted octanol–water partition coefficient (Wildman–Crippen LogP) is 0.810. The van der Waals surface area contributed by atoms with Gasteiger partial charge in [-0.2, -0.15) is 0 Å². The fourth-order valence-corrected chi connectivity index (χ4v) is 2.06. The summed E-state index contributed by atoms with van der Waals surface area (Å²) in [6.45, 7) is 0.220. The highest BCUT2D eigenvalue weighted by atomic mass is 32.2. The van der Waals surface area contributed by atoms with Crippen LogP contribution in [0.3, 0.4) is 0 Å². The average molecular weight is 291 g/mol. The van der Waals surface area contributed by atoms with Crippen LogP contribution in [-0.4, -0.2) is 30.5 Å². The molecule has 0 saturated heterocycles. The number of aromatic nitrogens is 2. The van der Waals surface area contributed by atoms with Gasteiger partial charge in [-0.15, -0.1) is 0 Å². The Kier molecular flexibility index (Phi) is 4.09. The van der Waals surface area contributed by atoms with Crippen LogP contribution in [0.15, 0.2) is 47.8 Å². The zero-order valence-corrected chi connectivity index (χ0v) is 11.6. The Bertz CT molecular complexity index is 697. The van der Waals surface area contributed by atoms with Crippen molar-refractivity contribution in [1.82, 2.24) is 15.3 Å². The summed E-state index contributed by atoms with van der Waals surface area (Å²) in [4.78, 5) is 19.8. The lowest BCUT2D eigenvalue weighted by molar-refractivity contribution is 0.0950. The Balaban J connectivity index is 2.00. The molecule has 2 rings (SSSR count). The number of hydrogen-bond donors (Lipinski definition) is 1. The number of nitrogens with zero attached hydrogens (tertiary/aromatic N) is 2. The molecule has 0 atom stereocenters. The number of sulfone groups is 1. The van der Waals surface area contributed by atoms with Crippen molar-refractivity contribution in [3.63, 3.8) is 0 Å². The van der Waals surface area contributed by atoms with Crippen LogP contribution in [0.5, 0.6) is 0 Å². The molecule has 0 radical (unpaired) electrons. The first-order chi connectivity index (χ1) is 9.47. The normalized spacial score (nSPS) is 11.1. The molecule has 0 aromatic carbocycles. The van der Waals surface area contributed by atoms with E-state index in [0.717, 1.165) is 6.26 Å². The first-order valence-electron chi connectivity index (χ1n) is 5.80. The smallest absolute Gasteiger partial charge is 0.253 e. The van der Waals surface area contributed by atoms with E-state index in [1.807, 2.05) is 0 Å². The molecule has 7 heteroatoms. The maximum absolute atomic E-state index is 11.8. The highest BCUT2D eigenvalue weighted by molar-refractivity contribution is 7.90. The number of carbonyl (C=O) groups excluding carboxylic acids is 1. The highest BCUT2D eigenvalue weighted by Gasteiger charge is 2.08. The van der Waals surface area contributed by atoms with E-state index in [0.29, 0.717) is 11.3 Å². The number of hydrogen-bond acceptors (Lipinski definition) is 5. The van der Waals surface area contributed by atoms with Crippen molar-refractivity contribution in [3.05, 3.63) is 54.1 Å². The van der Waals surface area contributed by atoms with Gasteiger partial charge in [-0.1, -0.05) is 0 Å². The van der Waals surface area contributed by atoms with E-state index in [-0.39, 0.29) is 17.3 Å². The summed E-state index contributed by atoms with van der Waals surface area (Å²) in [5, 5.41) is 2.68. The third-order valence-corrected chi connectivity index (χ3v) is 3.68. The second-order valence-corrected chi connectivity index (χ2v) is 6.20. The molecule has 0 fully saturated rings. The molecule has 2 heterocycles. The highest BCUT2D eigenvalue weighted by Crippen LogP contribution is 2.07. The summed E-state index contributed by atoms with van der Waals surface area (Å²) in [5.74, 6) is -0.257. The summed E-state index contributed by atoms with van der Waals surface area (Å²) in [5.41, 5.74) is 1.04. The number of rotatable bonds is 4. The average Bonchev–Trinajstić information content (AvgIpc) is 2.45. The Morgan fingerprint density at radius 2 is 2.05 bits per heavy atom. The fourth-order valence-electron chi connectivity index (χ4n) is 1.50. The van der Waals surface area contributed by atoms with Crippen LogP contribution >= 0.6 is 0 Å². The van der Waals surface area contributed by atoms with E-state index in [1.165, 1.54) is 18.5 Å². The lowest BCUT2D eigenvalue weighted by Crippen LogP contribution is -2.23. The molecule has 0 saturated carbocycles. The van der Waals surface area contributed by atoms with Crippen molar-refractivity contribution in [1.29, 1.82) is 0 Å². The van der Waals surface area contributed by atoms with Gasteiger partial charge >= 0.3 is 0 Å². The Hall–Kier alpha value is -2.28. The fraction of sp³-hybridized carbons (Fsp3) is 0.154. The second kappa shape index (κ2) is 5.79. The van der Waals surface area contributed by atoms with Crippen molar-refractivity contribution < 1.29 is 13.2 Å². The SMILES string of the molecule is CS(=O)(=O)c1ccc(CNC(=O)c2cccnc2)nc1. The van der Waals surface area contributed by atoms with Crippen LogP contribution in [0.4, 0.5) is 0 Å². The minimum absolute atomic E-state index is 0.153. The Morgan fingerprint density at radius 1 is 1.25 bits per heavy atom. The van der Waals surface area contributed by atoms with Crippen LogP contribution in [0.1, 0.15) is 16.1 Å². The standard InChI is InChI=1S/C13H13N3O3S/c1-20(18,19)12-5-4-11(15-9-12)8-16-13(17)10-3-2-6-14-7-10/h2-7,9H,8H2,1H3,(H,16,17). The molecule has 0 unspecified atom stereocenters. The lowest BCUT2D eigenvalue weighted by atomic mass is 10.2. The van der Waals surface area contributed by atoms with E-state index < -0.39 is 9.84 Å². The van der Waals surface area contributed by atoms with E-state index in [9.17, 15) is 13.2 Å².